The molecule has 0 aromatic carbocycles. The maximum absolute atomic E-state index is 8.85. The first kappa shape index (κ1) is 10.7. The van der Waals surface area contributed by atoms with E-state index in [2.05, 4.69) is 10.2 Å². The molecule has 3 N–H and O–H groups in total. The zero-order valence-corrected chi connectivity index (χ0v) is 9.38. The first-order valence-corrected chi connectivity index (χ1v) is 5.06. The Kier molecular flexibility index (Phi) is 2.66. The van der Waals surface area contributed by atoms with E-state index in [1.165, 1.54) is 0 Å². The van der Waals surface area contributed by atoms with Crippen LogP contribution in [-0.2, 0) is 13.6 Å². The molecular formula is C10H15N5O. The van der Waals surface area contributed by atoms with Gasteiger partial charge in [0, 0.05) is 24.9 Å². The number of hydrogen-bond donors (Lipinski definition) is 2. The molecular weight excluding hydrogens is 206 g/mol. The minimum absolute atomic E-state index is 0.0251. The van der Waals surface area contributed by atoms with Crippen molar-refractivity contribution in [1.82, 2.24) is 19.6 Å². The minimum atomic E-state index is 0.0251. The SMILES string of the molecule is Cc1nn(C)cc1-c1cc(N)n(CCO)n1. The van der Waals surface area contributed by atoms with Gasteiger partial charge in [0.15, 0.2) is 0 Å². The van der Waals surface area contributed by atoms with Crippen molar-refractivity contribution in [2.45, 2.75) is 13.5 Å². The van der Waals surface area contributed by atoms with Crippen LogP contribution in [0.2, 0.25) is 0 Å². The van der Waals surface area contributed by atoms with Crippen LogP contribution in [0.3, 0.4) is 0 Å². The van der Waals surface area contributed by atoms with Gasteiger partial charge in [0.1, 0.15) is 5.82 Å². The van der Waals surface area contributed by atoms with E-state index in [1.54, 1.807) is 15.4 Å². The smallest absolute Gasteiger partial charge is 0.122 e. The topological polar surface area (TPSA) is 81.9 Å². The predicted molar refractivity (Wildman–Crippen MR) is 60.7 cm³/mol. The van der Waals surface area contributed by atoms with Crippen LogP contribution in [0.1, 0.15) is 5.69 Å². The molecule has 2 rings (SSSR count). The molecule has 0 amide bonds. The van der Waals surface area contributed by atoms with Crippen LogP contribution in [0.5, 0.6) is 0 Å². The third-order valence-corrected chi connectivity index (χ3v) is 2.41. The number of aliphatic hydroxyl groups excluding tert-OH is 1. The molecule has 0 aliphatic carbocycles. The molecule has 0 fully saturated rings. The van der Waals surface area contributed by atoms with Crippen molar-refractivity contribution in [2.24, 2.45) is 7.05 Å². The van der Waals surface area contributed by atoms with E-state index in [0.717, 1.165) is 17.0 Å². The average Bonchev–Trinajstić information content (AvgIpc) is 2.72. The lowest BCUT2D eigenvalue weighted by atomic mass is 10.2. The molecule has 2 aromatic rings. The molecule has 0 bridgehead atoms. The molecule has 0 radical (unpaired) electrons. The van der Waals surface area contributed by atoms with Gasteiger partial charge >= 0.3 is 0 Å². The lowest BCUT2D eigenvalue weighted by molar-refractivity contribution is 0.270. The van der Waals surface area contributed by atoms with Crippen LogP contribution < -0.4 is 5.73 Å². The quantitative estimate of drug-likeness (QED) is 0.774. The molecule has 86 valence electrons. The first-order valence-electron chi connectivity index (χ1n) is 5.06. The van der Waals surface area contributed by atoms with E-state index in [1.807, 2.05) is 20.2 Å². The third kappa shape index (κ3) is 1.79. The number of rotatable bonds is 3. The first-order chi connectivity index (χ1) is 7.61. The molecule has 16 heavy (non-hydrogen) atoms. The van der Waals surface area contributed by atoms with Crippen LogP contribution in [-0.4, -0.2) is 31.3 Å². The molecule has 6 nitrogen and oxygen atoms in total. The zero-order chi connectivity index (χ0) is 11.7. The Morgan fingerprint density at radius 1 is 1.44 bits per heavy atom. The highest BCUT2D eigenvalue weighted by Gasteiger charge is 2.11. The van der Waals surface area contributed by atoms with Crippen molar-refractivity contribution >= 4 is 5.82 Å². The Morgan fingerprint density at radius 3 is 2.75 bits per heavy atom. The van der Waals surface area contributed by atoms with Gasteiger partial charge in [0.2, 0.25) is 0 Å². The van der Waals surface area contributed by atoms with Gasteiger partial charge in [-0.05, 0) is 6.92 Å². The Hall–Kier alpha value is -1.82. The predicted octanol–water partition coefficient (Wildman–Crippen LogP) is 0.167. The summed E-state index contributed by atoms with van der Waals surface area (Å²) in [6, 6.07) is 1.79. The van der Waals surface area contributed by atoms with E-state index < -0.39 is 0 Å². The summed E-state index contributed by atoms with van der Waals surface area (Å²) in [6.07, 6.45) is 1.90. The second-order valence-corrected chi connectivity index (χ2v) is 3.70. The fourth-order valence-corrected chi connectivity index (χ4v) is 1.69. The highest BCUT2D eigenvalue weighted by molar-refractivity contribution is 5.63. The van der Waals surface area contributed by atoms with Gasteiger partial charge in [-0.1, -0.05) is 0 Å². The Balaban J connectivity index is 2.41. The number of hydrogen-bond acceptors (Lipinski definition) is 4. The summed E-state index contributed by atoms with van der Waals surface area (Å²) in [6.45, 7) is 2.36. The summed E-state index contributed by atoms with van der Waals surface area (Å²) < 4.78 is 3.33. The van der Waals surface area contributed by atoms with Gasteiger partial charge in [-0.2, -0.15) is 10.2 Å². The molecule has 0 aliphatic heterocycles. The van der Waals surface area contributed by atoms with Crippen LogP contribution in [0.25, 0.3) is 11.3 Å². The number of aromatic nitrogens is 4. The van der Waals surface area contributed by atoms with Crippen molar-refractivity contribution < 1.29 is 5.11 Å². The molecule has 6 heteroatoms. The van der Waals surface area contributed by atoms with Gasteiger partial charge in [-0.3, -0.25) is 4.68 Å². The van der Waals surface area contributed by atoms with Gasteiger partial charge < -0.3 is 10.8 Å². The summed E-state index contributed by atoms with van der Waals surface area (Å²) in [4.78, 5) is 0. The van der Waals surface area contributed by atoms with E-state index in [0.29, 0.717) is 12.4 Å². The standard InChI is InChI=1S/C10H15N5O/c1-7-8(6-14(2)12-7)9-5-10(11)15(13-9)3-4-16/h5-6,16H,3-4,11H2,1-2H3. The summed E-state index contributed by atoms with van der Waals surface area (Å²) in [5.74, 6) is 0.548. The van der Waals surface area contributed by atoms with Crippen molar-refractivity contribution in [3.8, 4) is 11.3 Å². The van der Waals surface area contributed by atoms with Crippen LogP contribution in [0.4, 0.5) is 5.82 Å². The van der Waals surface area contributed by atoms with Crippen molar-refractivity contribution in [2.75, 3.05) is 12.3 Å². The number of aryl methyl sites for hydroxylation is 2. The number of nitrogens with zero attached hydrogens (tertiary/aromatic N) is 4. The fourth-order valence-electron chi connectivity index (χ4n) is 1.69. The normalized spacial score (nSPS) is 10.9. The maximum Gasteiger partial charge on any atom is 0.122 e. The summed E-state index contributed by atoms with van der Waals surface area (Å²) >= 11 is 0. The minimum Gasteiger partial charge on any atom is -0.394 e. The van der Waals surface area contributed by atoms with Gasteiger partial charge in [-0.25, -0.2) is 4.68 Å². The maximum atomic E-state index is 8.85. The van der Waals surface area contributed by atoms with E-state index >= 15 is 0 Å². The summed E-state index contributed by atoms with van der Waals surface area (Å²) in [7, 11) is 1.87. The Bertz CT molecular complexity index is 499. The molecule has 0 saturated heterocycles. The number of anilines is 1. The second kappa shape index (κ2) is 3.97. The molecule has 0 saturated carbocycles. The third-order valence-electron chi connectivity index (χ3n) is 2.41. The van der Waals surface area contributed by atoms with Crippen LogP contribution in [0, 0.1) is 6.92 Å². The van der Waals surface area contributed by atoms with Crippen molar-refractivity contribution in [3.05, 3.63) is 18.0 Å². The van der Waals surface area contributed by atoms with Crippen molar-refractivity contribution in [1.29, 1.82) is 0 Å². The Labute approximate surface area is 93.3 Å². The Morgan fingerprint density at radius 2 is 2.19 bits per heavy atom. The number of nitrogen functional groups attached to an aromatic ring is 1. The second-order valence-electron chi connectivity index (χ2n) is 3.70. The molecule has 2 aromatic heterocycles. The largest absolute Gasteiger partial charge is 0.394 e. The lowest BCUT2D eigenvalue weighted by Crippen LogP contribution is -2.07. The average molecular weight is 221 g/mol. The van der Waals surface area contributed by atoms with E-state index in [-0.39, 0.29) is 6.61 Å². The number of aliphatic hydroxyl groups is 1. The summed E-state index contributed by atoms with van der Waals surface area (Å²) in [5, 5.41) is 17.4. The van der Waals surface area contributed by atoms with Gasteiger partial charge in [0.25, 0.3) is 0 Å². The van der Waals surface area contributed by atoms with E-state index in [9.17, 15) is 0 Å². The fraction of sp³-hybridized carbons (Fsp3) is 0.400. The molecule has 0 unspecified atom stereocenters. The molecule has 0 aliphatic rings. The zero-order valence-electron chi connectivity index (χ0n) is 9.38. The van der Waals surface area contributed by atoms with Crippen LogP contribution in [0.15, 0.2) is 12.3 Å². The molecule has 0 spiro atoms. The monoisotopic (exact) mass is 221 g/mol. The van der Waals surface area contributed by atoms with Gasteiger partial charge in [-0.15, -0.1) is 0 Å². The number of nitrogens with two attached hydrogens (primary N) is 1. The molecule has 2 heterocycles. The highest BCUT2D eigenvalue weighted by Crippen LogP contribution is 2.22. The van der Waals surface area contributed by atoms with E-state index in [4.69, 9.17) is 10.8 Å². The van der Waals surface area contributed by atoms with Crippen molar-refractivity contribution in [3.63, 3.8) is 0 Å². The summed E-state index contributed by atoms with van der Waals surface area (Å²) in [5.41, 5.74) is 8.45. The lowest BCUT2D eigenvalue weighted by Gasteiger charge is -1.98. The van der Waals surface area contributed by atoms with Crippen LogP contribution >= 0.6 is 0 Å². The van der Waals surface area contributed by atoms with Gasteiger partial charge in [0.05, 0.1) is 24.5 Å². The highest BCUT2D eigenvalue weighted by atomic mass is 16.3. The molecule has 0 atom stereocenters.